The molecule has 1 aromatic carbocycles. The van der Waals surface area contributed by atoms with E-state index in [0.717, 1.165) is 12.5 Å². The van der Waals surface area contributed by atoms with E-state index in [1.54, 1.807) is 0 Å². The van der Waals surface area contributed by atoms with Crippen molar-refractivity contribution in [3.8, 4) is 5.75 Å². The maximum atomic E-state index is 13.5. The van der Waals surface area contributed by atoms with E-state index in [0.29, 0.717) is 0 Å². The Kier molecular flexibility index (Phi) is 4.31. The Morgan fingerprint density at radius 1 is 1.53 bits per heavy atom. The number of halogens is 1. The number of carbonyl (C=O) groups excluding carboxylic acids is 1. The maximum Gasteiger partial charge on any atom is 0.340 e. The van der Waals surface area contributed by atoms with Crippen LogP contribution >= 0.6 is 0 Å². The van der Waals surface area contributed by atoms with Crippen molar-refractivity contribution in [1.82, 2.24) is 0 Å². The van der Waals surface area contributed by atoms with E-state index in [-0.39, 0.29) is 23.1 Å². The van der Waals surface area contributed by atoms with Crippen molar-refractivity contribution in [3.63, 3.8) is 0 Å². The second-order valence-electron chi connectivity index (χ2n) is 3.70. The van der Waals surface area contributed by atoms with Gasteiger partial charge >= 0.3 is 5.97 Å². The minimum atomic E-state index is -0.614. The Morgan fingerprint density at radius 3 is 2.71 bits per heavy atom. The topological polar surface area (TPSA) is 61.5 Å². The fourth-order valence-corrected chi connectivity index (χ4v) is 1.25. The van der Waals surface area contributed by atoms with Gasteiger partial charge < -0.3 is 15.2 Å². The molecule has 0 saturated heterocycles. The molecular weight excluding hydrogens is 225 g/mol. The van der Waals surface area contributed by atoms with Crippen LogP contribution in [-0.2, 0) is 4.74 Å². The van der Waals surface area contributed by atoms with Crippen LogP contribution in [0, 0.1) is 5.82 Å². The van der Waals surface area contributed by atoms with Gasteiger partial charge in [0.25, 0.3) is 0 Å². The summed E-state index contributed by atoms with van der Waals surface area (Å²) >= 11 is 0. The first-order chi connectivity index (χ1) is 7.99. The Balaban J connectivity index is 3.10. The molecule has 0 aliphatic rings. The molecule has 1 aromatic rings. The van der Waals surface area contributed by atoms with Crippen molar-refractivity contribution in [2.24, 2.45) is 0 Å². The molecule has 17 heavy (non-hydrogen) atoms. The predicted octanol–water partition coefficient (Wildman–Crippen LogP) is 2.37. The van der Waals surface area contributed by atoms with Crippen LogP contribution in [0.1, 0.15) is 30.6 Å². The van der Waals surface area contributed by atoms with E-state index in [1.807, 2.05) is 13.8 Å². The van der Waals surface area contributed by atoms with Crippen LogP contribution < -0.4 is 10.5 Å². The Labute approximate surface area is 99.5 Å². The van der Waals surface area contributed by atoms with Crippen LogP contribution in [0.25, 0.3) is 0 Å². The van der Waals surface area contributed by atoms with E-state index in [9.17, 15) is 9.18 Å². The molecule has 4 nitrogen and oxygen atoms in total. The summed E-state index contributed by atoms with van der Waals surface area (Å²) in [4.78, 5) is 11.4. The van der Waals surface area contributed by atoms with Gasteiger partial charge in [0.15, 0.2) is 11.6 Å². The zero-order valence-corrected chi connectivity index (χ0v) is 10.1. The van der Waals surface area contributed by atoms with Gasteiger partial charge in [0.2, 0.25) is 0 Å². The molecule has 0 saturated carbocycles. The molecule has 0 bridgehead atoms. The van der Waals surface area contributed by atoms with Crippen LogP contribution in [0.3, 0.4) is 0 Å². The maximum absolute atomic E-state index is 13.5. The lowest BCUT2D eigenvalue weighted by atomic mass is 10.1. The van der Waals surface area contributed by atoms with E-state index >= 15 is 0 Å². The third kappa shape index (κ3) is 3.09. The predicted molar refractivity (Wildman–Crippen MR) is 62.5 cm³/mol. The normalized spacial score (nSPS) is 12.0. The number of esters is 1. The standard InChI is InChI=1S/C12H16FNO3/c1-4-7(2)17-11-5-8(12(15)16-3)10(14)6-9(11)13/h5-7H,4,14H2,1-3H3. The average Bonchev–Trinajstić information content (AvgIpc) is 2.31. The molecule has 2 N–H and O–H groups in total. The van der Waals surface area contributed by atoms with Gasteiger partial charge in [-0.3, -0.25) is 0 Å². The monoisotopic (exact) mass is 241 g/mol. The number of nitrogens with two attached hydrogens (primary N) is 1. The summed E-state index contributed by atoms with van der Waals surface area (Å²) in [6, 6.07) is 2.33. The molecule has 0 aliphatic heterocycles. The first-order valence-corrected chi connectivity index (χ1v) is 5.33. The van der Waals surface area contributed by atoms with Gasteiger partial charge in [-0.1, -0.05) is 6.92 Å². The lowest BCUT2D eigenvalue weighted by Crippen LogP contribution is -2.13. The van der Waals surface area contributed by atoms with Gasteiger partial charge in [-0.25, -0.2) is 9.18 Å². The number of hydrogen-bond donors (Lipinski definition) is 1. The quantitative estimate of drug-likeness (QED) is 0.649. The lowest BCUT2D eigenvalue weighted by Gasteiger charge is -2.14. The number of nitrogen functional groups attached to an aromatic ring is 1. The first kappa shape index (κ1) is 13.3. The second kappa shape index (κ2) is 5.52. The highest BCUT2D eigenvalue weighted by Crippen LogP contribution is 2.26. The number of carbonyl (C=O) groups is 1. The van der Waals surface area contributed by atoms with Crippen molar-refractivity contribution in [1.29, 1.82) is 0 Å². The first-order valence-electron chi connectivity index (χ1n) is 5.33. The molecule has 0 amide bonds. The molecule has 0 aliphatic carbocycles. The van der Waals surface area contributed by atoms with Gasteiger partial charge in [-0.05, 0) is 19.4 Å². The molecule has 0 heterocycles. The number of ether oxygens (including phenoxy) is 2. The van der Waals surface area contributed by atoms with Crippen molar-refractivity contribution in [3.05, 3.63) is 23.5 Å². The average molecular weight is 241 g/mol. The van der Waals surface area contributed by atoms with E-state index in [1.165, 1.54) is 13.2 Å². The summed E-state index contributed by atoms with van der Waals surface area (Å²) in [5.41, 5.74) is 5.67. The van der Waals surface area contributed by atoms with Crippen molar-refractivity contribution >= 4 is 11.7 Å². The molecule has 0 spiro atoms. The number of anilines is 1. The Morgan fingerprint density at radius 2 is 2.18 bits per heavy atom. The summed E-state index contributed by atoms with van der Waals surface area (Å²) in [5, 5.41) is 0. The van der Waals surface area contributed by atoms with Gasteiger partial charge in [-0.15, -0.1) is 0 Å². The molecule has 0 fully saturated rings. The third-order valence-corrected chi connectivity index (χ3v) is 2.41. The summed E-state index contributed by atoms with van der Waals surface area (Å²) in [6.45, 7) is 3.73. The molecular formula is C12H16FNO3. The van der Waals surface area contributed by atoms with Crippen LogP contribution in [-0.4, -0.2) is 19.2 Å². The highest BCUT2D eigenvalue weighted by molar-refractivity contribution is 5.95. The molecule has 0 radical (unpaired) electrons. The zero-order chi connectivity index (χ0) is 13.0. The van der Waals surface area contributed by atoms with Crippen LogP contribution in [0.15, 0.2) is 12.1 Å². The minimum Gasteiger partial charge on any atom is -0.488 e. The van der Waals surface area contributed by atoms with Crippen LogP contribution in [0.4, 0.5) is 10.1 Å². The molecule has 1 atom stereocenters. The van der Waals surface area contributed by atoms with Gasteiger partial charge in [-0.2, -0.15) is 0 Å². The van der Waals surface area contributed by atoms with Crippen LogP contribution in [0.2, 0.25) is 0 Å². The van der Waals surface area contributed by atoms with Crippen LogP contribution in [0.5, 0.6) is 5.75 Å². The number of methoxy groups -OCH3 is 1. The minimum absolute atomic E-state index is 0.00829. The summed E-state index contributed by atoms with van der Waals surface area (Å²) < 4.78 is 23.4. The highest BCUT2D eigenvalue weighted by atomic mass is 19.1. The molecule has 1 unspecified atom stereocenters. The van der Waals surface area contributed by atoms with Gasteiger partial charge in [0.05, 0.1) is 18.8 Å². The molecule has 94 valence electrons. The SMILES string of the molecule is CCC(C)Oc1cc(C(=O)OC)c(N)cc1F. The van der Waals surface area contributed by atoms with Crippen molar-refractivity contribution in [2.75, 3.05) is 12.8 Å². The van der Waals surface area contributed by atoms with E-state index < -0.39 is 11.8 Å². The van der Waals surface area contributed by atoms with Gasteiger partial charge in [0, 0.05) is 11.8 Å². The number of benzene rings is 1. The fourth-order valence-electron chi connectivity index (χ4n) is 1.25. The highest BCUT2D eigenvalue weighted by Gasteiger charge is 2.16. The Hall–Kier alpha value is -1.78. The summed E-state index contributed by atoms with van der Waals surface area (Å²) in [5.74, 6) is -1.19. The molecule has 0 aromatic heterocycles. The smallest absolute Gasteiger partial charge is 0.340 e. The van der Waals surface area contributed by atoms with Crippen molar-refractivity contribution < 1.29 is 18.7 Å². The Bertz CT molecular complexity index is 420. The summed E-state index contributed by atoms with van der Waals surface area (Å²) in [7, 11) is 1.24. The largest absolute Gasteiger partial charge is 0.488 e. The van der Waals surface area contributed by atoms with Gasteiger partial charge in [0.1, 0.15) is 0 Å². The zero-order valence-electron chi connectivity index (χ0n) is 10.1. The van der Waals surface area contributed by atoms with E-state index in [4.69, 9.17) is 10.5 Å². The second-order valence-corrected chi connectivity index (χ2v) is 3.70. The molecule has 1 rings (SSSR count). The fraction of sp³-hybridized carbons (Fsp3) is 0.417. The van der Waals surface area contributed by atoms with Crippen molar-refractivity contribution in [2.45, 2.75) is 26.4 Å². The summed E-state index contributed by atoms with van der Waals surface area (Å²) in [6.07, 6.45) is 0.593. The lowest BCUT2D eigenvalue weighted by molar-refractivity contribution is 0.0601. The third-order valence-electron chi connectivity index (χ3n) is 2.41. The molecule has 5 heteroatoms. The van der Waals surface area contributed by atoms with E-state index in [2.05, 4.69) is 4.74 Å². The number of rotatable bonds is 4. The number of hydrogen-bond acceptors (Lipinski definition) is 4.